The first-order valence-corrected chi connectivity index (χ1v) is 13.4. The van der Waals surface area contributed by atoms with E-state index in [0.29, 0.717) is 23.0 Å². The fraction of sp³-hybridized carbons (Fsp3) is 0.550. The second-order valence-corrected chi connectivity index (χ2v) is 11.3. The van der Waals surface area contributed by atoms with Gasteiger partial charge < -0.3 is 15.5 Å². The molecule has 9 nitrogen and oxygen atoms in total. The lowest BCUT2D eigenvalue weighted by molar-refractivity contribution is -0.132. The van der Waals surface area contributed by atoms with Crippen molar-refractivity contribution in [3.63, 3.8) is 0 Å². The lowest BCUT2D eigenvalue weighted by atomic mass is 10.1. The Morgan fingerprint density at radius 1 is 1.18 bits per heavy atom. The van der Waals surface area contributed by atoms with Crippen LogP contribution in [-0.4, -0.2) is 70.1 Å². The number of alkyl halides is 2. The van der Waals surface area contributed by atoms with Gasteiger partial charge in [0.1, 0.15) is 5.75 Å². The summed E-state index contributed by atoms with van der Waals surface area (Å²) in [5.74, 6) is 6.49. The third-order valence-corrected chi connectivity index (χ3v) is 8.61. The van der Waals surface area contributed by atoms with Crippen LogP contribution in [0.3, 0.4) is 0 Å². The molecule has 0 spiro atoms. The van der Waals surface area contributed by atoms with Crippen LogP contribution >= 0.6 is 11.8 Å². The quantitative estimate of drug-likeness (QED) is 0.432. The van der Waals surface area contributed by atoms with Crippen LogP contribution in [0.15, 0.2) is 29.4 Å². The zero-order chi connectivity index (χ0) is 23.6. The van der Waals surface area contributed by atoms with E-state index in [4.69, 9.17) is 5.84 Å². The fourth-order valence-electron chi connectivity index (χ4n) is 4.44. The minimum Gasteiger partial charge on any atom is -0.435 e. The molecule has 0 radical (unpaired) electrons. The maximum atomic E-state index is 13.2. The van der Waals surface area contributed by atoms with Crippen molar-refractivity contribution in [1.82, 2.24) is 19.8 Å². The van der Waals surface area contributed by atoms with Gasteiger partial charge in [-0.15, -0.1) is 10.2 Å². The number of thioether (sulfide) groups is 1. The van der Waals surface area contributed by atoms with Gasteiger partial charge in [-0.05, 0) is 43.5 Å². The Labute approximate surface area is 194 Å². The van der Waals surface area contributed by atoms with Gasteiger partial charge in [-0.1, -0.05) is 24.6 Å². The van der Waals surface area contributed by atoms with Crippen molar-refractivity contribution in [2.24, 2.45) is 0 Å². The van der Waals surface area contributed by atoms with Gasteiger partial charge >= 0.3 is 6.61 Å². The minimum atomic E-state index is -3.11. The lowest BCUT2D eigenvalue weighted by Crippen LogP contribution is -2.47. The summed E-state index contributed by atoms with van der Waals surface area (Å²) in [6.45, 7) is -2.91. The first-order chi connectivity index (χ1) is 15.7. The van der Waals surface area contributed by atoms with Crippen LogP contribution in [0.25, 0.3) is 11.4 Å². The molecule has 1 aliphatic heterocycles. The maximum Gasteiger partial charge on any atom is 0.387 e. The summed E-state index contributed by atoms with van der Waals surface area (Å²) in [6.07, 6.45) is 4.30. The SMILES string of the molecule is Nn1c(SCC(=O)N(C2CCCC2)[C@@H]2CCS(=O)(=O)C2)nnc1-c1ccc(OC(F)F)cc1. The Kier molecular flexibility index (Phi) is 7.07. The molecule has 2 N–H and O–H groups in total. The van der Waals surface area contributed by atoms with E-state index in [1.807, 2.05) is 0 Å². The van der Waals surface area contributed by atoms with Gasteiger partial charge in [-0.2, -0.15) is 8.78 Å². The molecule has 4 rings (SSSR count). The van der Waals surface area contributed by atoms with Crippen LogP contribution in [0.4, 0.5) is 8.78 Å². The number of carbonyl (C=O) groups excluding carboxylic acids is 1. The molecule has 1 amide bonds. The Morgan fingerprint density at radius 3 is 2.48 bits per heavy atom. The van der Waals surface area contributed by atoms with Gasteiger partial charge in [0.25, 0.3) is 0 Å². The van der Waals surface area contributed by atoms with Crippen LogP contribution in [-0.2, 0) is 14.6 Å². The fourth-order valence-corrected chi connectivity index (χ4v) is 6.88. The maximum absolute atomic E-state index is 13.2. The van der Waals surface area contributed by atoms with E-state index in [1.165, 1.54) is 28.9 Å². The van der Waals surface area contributed by atoms with Crippen LogP contribution in [0.2, 0.25) is 0 Å². The predicted octanol–water partition coefficient (Wildman–Crippen LogP) is 2.31. The predicted molar refractivity (Wildman–Crippen MR) is 119 cm³/mol. The molecule has 2 aliphatic rings. The summed E-state index contributed by atoms with van der Waals surface area (Å²) < 4.78 is 54.2. The number of rotatable bonds is 8. The Morgan fingerprint density at radius 2 is 1.88 bits per heavy atom. The monoisotopic (exact) mass is 501 g/mol. The summed E-state index contributed by atoms with van der Waals surface area (Å²) in [6, 6.07) is 5.60. The summed E-state index contributed by atoms with van der Waals surface area (Å²) in [7, 11) is -3.11. The molecule has 13 heteroatoms. The van der Waals surface area contributed by atoms with E-state index in [9.17, 15) is 22.0 Å². The first-order valence-electron chi connectivity index (χ1n) is 10.6. The lowest BCUT2D eigenvalue weighted by Gasteiger charge is -2.34. The number of amides is 1. The van der Waals surface area contributed by atoms with Gasteiger partial charge in [0.05, 0.1) is 17.3 Å². The molecular formula is C20H25F2N5O4S2. The molecule has 0 bridgehead atoms. The summed E-state index contributed by atoms with van der Waals surface area (Å²) in [4.78, 5) is 14.9. The number of nitrogen functional groups attached to an aromatic ring is 1. The van der Waals surface area contributed by atoms with Crippen molar-refractivity contribution >= 4 is 27.5 Å². The number of sulfone groups is 1. The average Bonchev–Trinajstić information content (AvgIpc) is 3.48. The van der Waals surface area contributed by atoms with Crippen LogP contribution in [0.1, 0.15) is 32.1 Å². The first kappa shape index (κ1) is 23.7. The van der Waals surface area contributed by atoms with E-state index < -0.39 is 16.4 Å². The summed E-state index contributed by atoms with van der Waals surface area (Å²) in [5.41, 5.74) is 0.550. The molecule has 0 unspecified atom stereocenters. The van der Waals surface area contributed by atoms with Crippen molar-refractivity contribution in [3.8, 4) is 17.1 Å². The van der Waals surface area contributed by atoms with E-state index in [-0.39, 0.29) is 41.0 Å². The number of carbonyl (C=O) groups is 1. The molecule has 2 fully saturated rings. The van der Waals surface area contributed by atoms with E-state index in [2.05, 4.69) is 14.9 Å². The second-order valence-electron chi connectivity index (χ2n) is 8.16. The molecule has 1 saturated heterocycles. The van der Waals surface area contributed by atoms with Crippen molar-refractivity contribution in [3.05, 3.63) is 24.3 Å². The third kappa shape index (κ3) is 5.57. The number of aromatic nitrogens is 3. The van der Waals surface area contributed by atoms with Gasteiger partial charge in [-0.3, -0.25) is 4.79 Å². The molecule has 1 aromatic heterocycles. The van der Waals surface area contributed by atoms with Crippen LogP contribution < -0.4 is 10.6 Å². The van der Waals surface area contributed by atoms with Crippen molar-refractivity contribution in [2.75, 3.05) is 23.1 Å². The van der Waals surface area contributed by atoms with Gasteiger partial charge in [-0.25, -0.2) is 13.1 Å². The van der Waals surface area contributed by atoms with E-state index in [0.717, 1.165) is 37.4 Å². The van der Waals surface area contributed by atoms with Crippen molar-refractivity contribution in [1.29, 1.82) is 0 Å². The molecule has 2 aromatic rings. The number of halogens is 2. The summed E-state index contributed by atoms with van der Waals surface area (Å²) in [5, 5.41) is 8.41. The molecule has 1 aromatic carbocycles. The number of hydrogen-bond donors (Lipinski definition) is 1. The highest BCUT2D eigenvalue weighted by molar-refractivity contribution is 7.99. The number of nitrogens with two attached hydrogens (primary N) is 1. The summed E-state index contributed by atoms with van der Waals surface area (Å²) >= 11 is 1.13. The zero-order valence-corrected chi connectivity index (χ0v) is 19.4. The Bertz CT molecular complexity index is 1090. The average molecular weight is 502 g/mol. The van der Waals surface area contributed by atoms with Gasteiger partial charge in [0.2, 0.25) is 11.1 Å². The standard InChI is InChI=1S/C20H25F2N5O4S2/c21-19(22)31-16-7-5-13(6-8-16)18-24-25-20(27(18)23)32-11-17(28)26(14-3-1-2-4-14)15-9-10-33(29,30)12-15/h5-8,14-15,19H,1-4,9-12,23H2/t15-/m1/s1. The number of hydrogen-bond acceptors (Lipinski definition) is 8. The second kappa shape index (κ2) is 9.84. The van der Waals surface area contributed by atoms with Gasteiger partial charge in [0, 0.05) is 17.6 Å². The van der Waals surface area contributed by atoms with E-state index >= 15 is 0 Å². The molecule has 2 heterocycles. The molecule has 1 aliphatic carbocycles. The number of nitrogens with zero attached hydrogens (tertiary/aromatic N) is 4. The molecule has 1 atom stereocenters. The minimum absolute atomic E-state index is 0.0120. The molecule has 180 valence electrons. The highest BCUT2D eigenvalue weighted by atomic mass is 32.2. The molecular weight excluding hydrogens is 476 g/mol. The van der Waals surface area contributed by atoms with Crippen molar-refractivity contribution in [2.45, 2.75) is 56.0 Å². The molecule has 33 heavy (non-hydrogen) atoms. The van der Waals surface area contributed by atoms with Crippen molar-refractivity contribution < 1.29 is 26.7 Å². The molecule has 1 saturated carbocycles. The van der Waals surface area contributed by atoms with E-state index in [1.54, 1.807) is 4.90 Å². The smallest absolute Gasteiger partial charge is 0.387 e. The van der Waals surface area contributed by atoms with Gasteiger partial charge in [0.15, 0.2) is 15.7 Å². The Balaban J connectivity index is 1.43. The number of benzene rings is 1. The normalized spacial score (nSPS) is 20.4. The van der Waals surface area contributed by atoms with Crippen LogP contribution in [0, 0.1) is 0 Å². The highest BCUT2D eigenvalue weighted by Crippen LogP contribution is 2.31. The Hall–Kier alpha value is -2.41. The number of ether oxygens (including phenoxy) is 1. The topological polar surface area (TPSA) is 120 Å². The van der Waals surface area contributed by atoms with Crippen LogP contribution in [0.5, 0.6) is 5.75 Å². The zero-order valence-electron chi connectivity index (χ0n) is 17.8. The third-order valence-electron chi connectivity index (χ3n) is 5.93. The largest absolute Gasteiger partial charge is 0.435 e. The highest BCUT2D eigenvalue weighted by Gasteiger charge is 2.39.